The monoisotopic (exact) mass is 241 g/mol. The molecule has 1 N–H and O–H groups in total. The first-order valence-corrected chi connectivity index (χ1v) is 5.57. The molecule has 15 heavy (non-hydrogen) atoms. The molecule has 0 aliphatic heterocycles. The van der Waals surface area contributed by atoms with Crippen molar-refractivity contribution in [3.05, 3.63) is 33.8 Å². The van der Waals surface area contributed by atoms with Crippen LogP contribution in [0.5, 0.6) is 0 Å². The van der Waals surface area contributed by atoms with Crippen LogP contribution in [-0.4, -0.2) is 6.54 Å². The number of terminal acetylenes is 1. The molecule has 1 unspecified atom stereocenters. The van der Waals surface area contributed by atoms with Gasteiger partial charge in [-0.15, -0.1) is 12.3 Å². The summed E-state index contributed by atoms with van der Waals surface area (Å²) in [5.41, 5.74) is 0.962. The lowest BCUT2D eigenvalue weighted by Crippen LogP contribution is -2.20. The van der Waals surface area contributed by atoms with E-state index >= 15 is 0 Å². The first-order valence-electron chi connectivity index (χ1n) is 4.81. The van der Waals surface area contributed by atoms with Gasteiger partial charge in [-0.25, -0.2) is 0 Å². The van der Waals surface area contributed by atoms with Crippen LogP contribution in [0.1, 0.15) is 24.9 Å². The molecule has 0 aliphatic carbocycles. The van der Waals surface area contributed by atoms with Crippen LogP contribution >= 0.6 is 23.2 Å². The first-order chi connectivity index (χ1) is 7.20. The molecule has 0 aromatic heterocycles. The summed E-state index contributed by atoms with van der Waals surface area (Å²) in [5, 5.41) is 4.43. The van der Waals surface area contributed by atoms with Crippen molar-refractivity contribution >= 4 is 23.2 Å². The Balaban J connectivity index is 3.00. The third-order valence-electron chi connectivity index (χ3n) is 2.13. The standard InChI is InChI=1S/C12H13Cl2N/c1-3-6-11(15-4-2)9-7-5-8-10(13)12(9)14/h1,5,7-8,11,15H,4,6H2,2H3. The van der Waals surface area contributed by atoms with Gasteiger partial charge in [0.2, 0.25) is 0 Å². The van der Waals surface area contributed by atoms with Gasteiger partial charge in [0.05, 0.1) is 10.0 Å². The highest BCUT2D eigenvalue weighted by Gasteiger charge is 2.13. The second-order valence-electron chi connectivity index (χ2n) is 3.16. The summed E-state index contributed by atoms with van der Waals surface area (Å²) in [7, 11) is 0. The summed E-state index contributed by atoms with van der Waals surface area (Å²) < 4.78 is 0. The van der Waals surface area contributed by atoms with Crippen LogP contribution in [0.2, 0.25) is 10.0 Å². The molecule has 0 bridgehead atoms. The lowest BCUT2D eigenvalue weighted by atomic mass is 10.0. The van der Waals surface area contributed by atoms with Crippen molar-refractivity contribution in [1.29, 1.82) is 0 Å². The largest absolute Gasteiger partial charge is 0.309 e. The predicted octanol–water partition coefficient (Wildman–Crippen LogP) is 3.67. The number of nitrogens with one attached hydrogen (secondary N) is 1. The molecule has 0 radical (unpaired) electrons. The fourth-order valence-electron chi connectivity index (χ4n) is 1.45. The minimum Gasteiger partial charge on any atom is -0.309 e. The summed E-state index contributed by atoms with van der Waals surface area (Å²) in [5.74, 6) is 2.63. The molecular formula is C12H13Cl2N. The molecule has 1 nitrogen and oxygen atoms in total. The average Bonchev–Trinajstić information content (AvgIpc) is 2.22. The third kappa shape index (κ3) is 3.14. The lowest BCUT2D eigenvalue weighted by molar-refractivity contribution is 0.565. The van der Waals surface area contributed by atoms with Crippen molar-refractivity contribution < 1.29 is 0 Å². The number of hydrogen-bond acceptors (Lipinski definition) is 1. The molecule has 0 fully saturated rings. The van der Waals surface area contributed by atoms with Gasteiger partial charge in [-0.1, -0.05) is 42.3 Å². The molecule has 80 valence electrons. The zero-order chi connectivity index (χ0) is 11.3. The van der Waals surface area contributed by atoms with Crippen molar-refractivity contribution in [3.63, 3.8) is 0 Å². The van der Waals surface area contributed by atoms with Crippen molar-refractivity contribution in [2.24, 2.45) is 0 Å². The Morgan fingerprint density at radius 3 is 2.80 bits per heavy atom. The summed E-state index contributed by atoms with van der Waals surface area (Å²) in [6.07, 6.45) is 5.92. The Morgan fingerprint density at radius 1 is 1.47 bits per heavy atom. The van der Waals surface area contributed by atoms with E-state index in [1.165, 1.54) is 0 Å². The summed E-state index contributed by atoms with van der Waals surface area (Å²) >= 11 is 12.1. The van der Waals surface area contributed by atoms with E-state index in [0.29, 0.717) is 16.5 Å². The Morgan fingerprint density at radius 2 is 2.20 bits per heavy atom. The summed E-state index contributed by atoms with van der Waals surface area (Å²) in [6, 6.07) is 5.67. The molecule has 0 heterocycles. The molecule has 1 aromatic carbocycles. The van der Waals surface area contributed by atoms with Gasteiger partial charge in [-0.3, -0.25) is 0 Å². The Hall–Kier alpha value is -0.680. The van der Waals surface area contributed by atoms with E-state index in [2.05, 4.69) is 11.2 Å². The Bertz CT molecular complexity index is 368. The van der Waals surface area contributed by atoms with E-state index in [1.807, 2.05) is 19.1 Å². The first kappa shape index (κ1) is 12.4. The molecule has 1 rings (SSSR count). The van der Waals surface area contributed by atoms with E-state index in [-0.39, 0.29) is 6.04 Å². The van der Waals surface area contributed by atoms with Crippen LogP contribution in [0, 0.1) is 12.3 Å². The molecule has 0 spiro atoms. The van der Waals surface area contributed by atoms with E-state index in [1.54, 1.807) is 6.07 Å². The Kier molecular flexibility index (Phi) is 4.98. The third-order valence-corrected chi connectivity index (χ3v) is 2.96. The van der Waals surface area contributed by atoms with Crippen LogP contribution in [-0.2, 0) is 0 Å². The van der Waals surface area contributed by atoms with Crippen molar-refractivity contribution in [2.45, 2.75) is 19.4 Å². The van der Waals surface area contributed by atoms with Gasteiger partial charge in [-0.05, 0) is 18.2 Å². The van der Waals surface area contributed by atoms with Gasteiger partial charge in [0.1, 0.15) is 0 Å². The van der Waals surface area contributed by atoms with Gasteiger partial charge in [0.15, 0.2) is 0 Å². The smallest absolute Gasteiger partial charge is 0.0640 e. The number of halogens is 2. The van der Waals surface area contributed by atoms with E-state index in [0.717, 1.165) is 12.1 Å². The highest BCUT2D eigenvalue weighted by Crippen LogP contribution is 2.30. The molecule has 0 saturated heterocycles. The van der Waals surface area contributed by atoms with Gasteiger partial charge in [-0.2, -0.15) is 0 Å². The van der Waals surface area contributed by atoms with Gasteiger partial charge < -0.3 is 5.32 Å². The molecule has 3 heteroatoms. The molecule has 1 atom stereocenters. The van der Waals surface area contributed by atoms with Crippen LogP contribution in [0.3, 0.4) is 0 Å². The minimum atomic E-state index is 0.0752. The van der Waals surface area contributed by atoms with E-state index < -0.39 is 0 Å². The maximum absolute atomic E-state index is 6.12. The topological polar surface area (TPSA) is 12.0 Å². The molecule has 0 saturated carbocycles. The fraction of sp³-hybridized carbons (Fsp3) is 0.333. The van der Waals surface area contributed by atoms with Crippen molar-refractivity contribution in [1.82, 2.24) is 5.32 Å². The van der Waals surface area contributed by atoms with Crippen molar-refractivity contribution in [3.8, 4) is 12.3 Å². The maximum atomic E-state index is 6.12. The number of hydrogen-bond donors (Lipinski definition) is 1. The van der Waals surface area contributed by atoms with Crippen LogP contribution in [0.4, 0.5) is 0 Å². The highest BCUT2D eigenvalue weighted by molar-refractivity contribution is 6.42. The van der Waals surface area contributed by atoms with Gasteiger partial charge in [0.25, 0.3) is 0 Å². The molecular weight excluding hydrogens is 229 g/mol. The summed E-state index contributed by atoms with van der Waals surface area (Å²) in [6.45, 7) is 2.87. The zero-order valence-electron chi connectivity index (χ0n) is 8.56. The fourth-order valence-corrected chi connectivity index (χ4v) is 1.89. The normalized spacial score (nSPS) is 12.1. The minimum absolute atomic E-state index is 0.0752. The van der Waals surface area contributed by atoms with Crippen LogP contribution < -0.4 is 5.32 Å². The van der Waals surface area contributed by atoms with Crippen LogP contribution in [0.15, 0.2) is 18.2 Å². The maximum Gasteiger partial charge on any atom is 0.0640 e. The van der Waals surface area contributed by atoms with Crippen molar-refractivity contribution in [2.75, 3.05) is 6.54 Å². The highest BCUT2D eigenvalue weighted by atomic mass is 35.5. The summed E-state index contributed by atoms with van der Waals surface area (Å²) in [4.78, 5) is 0. The quantitative estimate of drug-likeness (QED) is 0.794. The molecule has 1 aromatic rings. The number of benzene rings is 1. The predicted molar refractivity (Wildman–Crippen MR) is 66.3 cm³/mol. The molecule has 0 amide bonds. The van der Waals surface area contributed by atoms with Crippen LogP contribution in [0.25, 0.3) is 0 Å². The number of rotatable bonds is 4. The van der Waals surface area contributed by atoms with Gasteiger partial charge >= 0.3 is 0 Å². The van der Waals surface area contributed by atoms with Gasteiger partial charge in [0, 0.05) is 12.5 Å². The zero-order valence-corrected chi connectivity index (χ0v) is 10.1. The Labute approximate surface area is 101 Å². The van der Waals surface area contributed by atoms with E-state index in [4.69, 9.17) is 29.6 Å². The average molecular weight is 242 g/mol. The lowest BCUT2D eigenvalue weighted by Gasteiger charge is -2.17. The SMILES string of the molecule is C#CCC(NCC)c1cccc(Cl)c1Cl. The molecule has 0 aliphatic rings. The second kappa shape index (κ2) is 6.02. The van der Waals surface area contributed by atoms with E-state index in [9.17, 15) is 0 Å². The second-order valence-corrected chi connectivity index (χ2v) is 3.95.